The number of aryl methyl sites for hydroxylation is 1. The molecule has 1 aromatic heterocycles. The van der Waals surface area contributed by atoms with Crippen molar-refractivity contribution in [2.45, 2.75) is 56.5 Å². The Labute approximate surface area is 193 Å². The third kappa shape index (κ3) is 5.74. The summed E-state index contributed by atoms with van der Waals surface area (Å²) in [4.78, 5) is 13.2. The van der Waals surface area contributed by atoms with E-state index in [0.29, 0.717) is 18.3 Å². The second-order valence-corrected chi connectivity index (χ2v) is 10.8. The van der Waals surface area contributed by atoms with E-state index in [-0.39, 0.29) is 38.8 Å². The molecule has 0 radical (unpaired) electrons. The Morgan fingerprint density at radius 3 is 2.35 bits per heavy atom. The number of nitrogens with one attached hydrogen (secondary N) is 1. The van der Waals surface area contributed by atoms with Gasteiger partial charge in [0, 0.05) is 18.7 Å². The van der Waals surface area contributed by atoms with E-state index in [1.54, 1.807) is 22.9 Å². The number of ketones is 1. The van der Waals surface area contributed by atoms with Crippen molar-refractivity contribution in [1.29, 1.82) is 0 Å². The van der Waals surface area contributed by atoms with Gasteiger partial charge in [-0.1, -0.05) is 43.0 Å². The number of sulfonamides is 1. The Morgan fingerprint density at radius 1 is 1.19 bits per heavy atom. The molecule has 1 aliphatic rings. The summed E-state index contributed by atoms with van der Waals surface area (Å²) in [6, 6.07) is 5.14. The molecule has 31 heavy (non-hydrogen) atoms. The number of nitrogens with two attached hydrogens (primary N) is 2. The highest BCUT2D eigenvalue weighted by molar-refractivity contribution is 7.89. The minimum atomic E-state index is -4.05. The molecule has 1 aliphatic carbocycles. The summed E-state index contributed by atoms with van der Waals surface area (Å²) in [5.74, 6) is 0.883. The first-order valence-electron chi connectivity index (χ1n) is 10.3. The van der Waals surface area contributed by atoms with Gasteiger partial charge in [-0.3, -0.25) is 4.79 Å². The highest BCUT2D eigenvalue weighted by Crippen LogP contribution is 2.32. The van der Waals surface area contributed by atoms with Crippen LogP contribution >= 0.6 is 23.2 Å². The fourth-order valence-electron chi connectivity index (χ4n) is 3.96. The molecule has 1 unspecified atom stereocenters. The van der Waals surface area contributed by atoms with Gasteiger partial charge < -0.3 is 16.0 Å². The lowest BCUT2D eigenvalue weighted by molar-refractivity contribution is -0.125. The summed E-state index contributed by atoms with van der Waals surface area (Å²) in [5, 5.41) is 0.0780. The predicted octanol–water partition coefficient (Wildman–Crippen LogP) is 4.09. The minimum absolute atomic E-state index is 0.0390. The van der Waals surface area contributed by atoms with Gasteiger partial charge in [-0.15, -0.1) is 0 Å². The Balaban J connectivity index is 1.84. The van der Waals surface area contributed by atoms with Crippen molar-refractivity contribution >= 4 is 50.5 Å². The van der Waals surface area contributed by atoms with Gasteiger partial charge in [0.15, 0.2) is 5.78 Å². The second kappa shape index (κ2) is 9.81. The number of halogens is 2. The average Bonchev–Trinajstić information content (AvgIpc) is 3.13. The molecule has 1 heterocycles. The molecule has 0 bridgehead atoms. The van der Waals surface area contributed by atoms with Gasteiger partial charge in [0.2, 0.25) is 10.0 Å². The number of carbonyl (C=O) groups is 1. The van der Waals surface area contributed by atoms with Crippen LogP contribution in [0.3, 0.4) is 0 Å². The molecule has 170 valence electrons. The lowest BCUT2D eigenvalue weighted by atomic mass is 9.79. The van der Waals surface area contributed by atoms with Crippen LogP contribution in [0.4, 0.5) is 11.5 Å². The van der Waals surface area contributed by atoms with Crippen LogP contribution in [0.15, 0.2) is 35.4 Å². The van der Waals surface area contributed by atoms with Crippen LogP contribution in [-0.4, -0.2) is 24.8 Å². The molecule has 3 rings (SSSR count). The average molecular weight is 487 g/mol. The third-order valence-electron chi connectivity index (χ3n) is 5.95. The van der Waals surface area contributed by atoms with Gasteiger partial charge in [0.25, 0.3) is 0 Å². The molecule has 1 saturated carbocycles. The molecule has 0 aliphatic heterocycles. The van der Waals surface area contributed by atoms with E-state index in [9.17, 15) is 13.2 Å². The molecule has 0 saturated heterocycles. The van der Waals surface area contributed by atoms with Gasteiger partial charge in [-0.2, -0.15) is 0 Å². The van der Waals surface area contributed by atoms with Crippen LogP contribution in [0.1, 0.15) is 39.0 Å². The zero-order valence-electron chi connectivity index (χ0n) is 17.4. The first kappa shape index (κ1) is 23.9. The van der Waals surface area contributed by atoms with Crippen molar-refractivity contribution < 1.29 is 13.2 Å². The summed E-state index contributed by atoms with van der Waals surface area (Å²) < 4.78 is 30.5. The summed E-state index contributed by atoms with van der Waals surface area (Å²) in [6.07, 6.45) is 5.53. The topological polar surface area (TPSA) is 120 Å². The van der Waals surface area contributed by atoms with Crippen LogP contribution in [0.5, 0.6) is 0 Å². The van der Waals surface area contributed by atoms with Gasteiger partial charge in [-0.25, -0.2) is 13.1 Å². The first-order valence-corrected chi connectivity index (χ1v) is 12.5. The number of Topliss-reactive ketones (excluding diaryl/α,β-unsaturated/α-hetero) is 1. The van der Waals surface area contributed by atoms with E-state index in [1.807, 2.05) is 0 Å². The van der Waals surface area contributed by atoms with E-state index in [0.717, 1.165) is 25.7 Å². The highest BCUT2D eigenvalue weighted by atomic mass is 35.5. The number of benzene rings is 1. The molecule has 0 amide bonds. The largest absolute Gasteiger partial charge is 0.396 e. The summed E-state index contributed by atoms with van der Waals surface area (Å²) in [7, 11) is -4.05. The molecule has 10 heteroatoms. The Kier molecular flexibility index (Phi) is 7.57. The Hall–Kier alpha value is -1.74. The van der Waals surface area contributed by atoms with Gasteiger partial charge in [0.05, 0.1) is 26.7 Å². The monoisotopic (exact) mass is 486 g/mol. The van der Waals surface area contributed by atoms with E-state index in [4.69, 9.17) is 34.7 Å². The zero-order valence-corrected chi connectivity index (χ0v) is 19.7. The predicted molar refractivity (Wildman–Crippen MR) is 125 cm³/mol. The molecule has 0 spiro atoms. The maximum Gasteiger partial charge on any atom is 0.241 e. The molecular formula is C21H28Cl2N4O3S. The molecule has 5 N–H and O–H groups in total. The highest BCUT2D eigenvalue weighted by Gasteiger charge is 2.33. The molecule has 1 atom stereocenters. The molecule has 2 aromatic rings. The maximum absolute atomic E-state index is 13.3. The number of anilines is 2. The lowest BCUT2D eigenvalue weighted by Crippen LogP contribution is -2.44. The summed E-state index contributed by atoms with van der Waals surface area (Å²) >= 11 is 12.0. The Bertz CT molecular complexity index is 1020. The van der Waals surface area contributed by atoms with E-state index in [2.05, 4.69) is 11.6 Å². The fourth-order valence-corrected chi connectivity index (χ4v) is 5.87. The molecule has 7 nitrogen and oxygen atoms in total. The van der Waals surface area contributed by atoms with E-state index in [1.165, 1.54) is 12.1 Å². The minimum Gasteiger partial charge on any atom is -0.396 e. The van der Waals surface area contributed by atoms with Gasteiger partial charge >= 0.3 is 0 Å². The fraction of sp³-hybridized carbons (Fsp3) is 0.476. The normalized spacial score (nSPS) is 20.5. The van der Waals surface area contributed by atoms with Crippen molar-refractivity contribution in [2.75, 3.05) is 11.5 Å². The number of hydrogen-bond donors (Lipinski definition) is 3. The summed E-state index contributed by atoms with van der Waals surface area (Å²) in [6.45, 7) is 2.58. The number of rotatable bonds is 8. The van der Waals surface area contributed by atoms with Crippen molar-refractivity contribution in [2.24, 2.45) is 11.8 Å². The van der Waals surface area contributed by atoms with E-state index >= 15 is 0 Å². The number of aromatic nitrogens is 1. The van der Waals surface area contributed by atoms with Crippen molar-refractivity contribution in [3.8, 4) is 0 Å². The van der Waals surface area contributed by atoms with Crippen LogP contribution in [-0.2, 0) is 21.4 Å². The van der Waals surface area contributed by atoms with Crippen LogP contribution in [0.2, 0.25) is 10.0 Å². The molecule has 1 aromatic carbocycles. The summed E-state index contributed by atoms with van der Waals surface area (Å²) in [5.41, 5.74) is 11.8. The van der Waals surface area contributed by atoms with Crippen LogP contribution in [0.25, 0.3) is 0 Å². The van der Waals surface area contributed by atoms with Crippen LogP contribution < -0.4 is 16.2 Å². The zero-order chi connectivity index (χ0) is 22.8. The van der Waals surface area contributed by atoms with Crippen molar-refractivity contribution in [3.63, 3.8) is 0 Å². The number of carbonyl (C=O) groups excluding carboxylic acids is 1. The van der Waals surface area contributed by atoms with Crippen molar-refractivity contribution in [3.05, 3.63) is 40.5 Å². The van der Waals surface area contributed by atoms with E-state index < -0.39 is 16.1 Å². The SMILES string of the molecule is CC1CCC(C(=O)C(CCn2cccc2N)NS(=O)(=O)c2cc(Cl)c(N)c(Cl)c2)CC1. The van der Waals surface area contributed by atoms with Gasteiger partial charge in [-0.05, 0) is 49.4 Å². The van der Waals surface area contributed by atoms with Crippen molar-refractivity contribution in [1.82, 2.24) is 9.29 Å². The molecular weight excluding hydrogens is 459 g/mol. The second-order valence-electron chi connectivity index (χ2n) is 8.25. The van der Waals surface area contributed by atoms with Crippen LogP contribution in [0, 0.1) is 11.8 Å². The van der Waals surface area contributed by atoms with Gasteiger partial charge in [0.1, 0.15) is 5.82 Å². The quantitative estimate of drug-likeness (QED) is 0.485. The number of hydrogen-bond acceptors (Lipinski definition) is 5. The first-order chi connectivity index (χ1) is 14.6. The smallest absolute Gasteiger partial charge is 0.241 e. The third-order valence-corrected chi connectivity index (χ3v) is 8.02. The standard InChI is InChI=1S/C21H28Cl2N4O3S/c1-13-4-6-14(7-5-13)21(28)18(8-10-27-9-2-3-19(27)24)26-31(29,30)15-11-16(22)20(25)17(23)12-15/h2-3,9,11-14,18,26H,4-8,10,24-25H2,1H3. The lowest BCUT2D eigenvalue weighted by Gasteiger charge is -2.29. The Morgan fingerprint density at radius 2 is 1.81 bits per heavy atom. The number of nitrogens with zero attached hydrogens (tertiary/aromatic N) is 1. The molecule has 1 fully saturated rings. The maximum atomic E-state index is 13.3. The number of nitrogen functional groups attached to an aromatic ring is 2.